The summed E-state index contributed by atoms with van der Waals surface area (Å²) in [6.45, 7) is 6.41. The third-order valence-corrected chi connectivity index (χ3v) is 4.75. The molecule has 0 aromatic heterocycles. The minimum absolute atomic E-state index is 0.272. The molecule has 0 aliphatic carbocycles. The molecule has 0 aliphatic heterocycles. The highest BCUT2D eigenvalue weighted by atomic mass is 32.2. The smallest absolute Gasteiger partial charge is 0.215 e. The summed E-state index contributed by atoms with van der Waals surface area (Å²) in [4.78, 5) is 0. The van der Waals surface area contributed by atoms with E-state index < -0.39 is 15.3 Å². The van der Waals surface area contributed by atoms with E-state index in [1.165, 1.54) is 0 Å². The van der Waals surface area contributed by atoms with Crippen molar-refractivity contribution in [2.75, 3.05) is 13.7 Å². The number of rotatable bonds is 8. The number of methoxy groups -OCH3 is 1. The molecule has 1 unspecified atom stereocenters. The molecule has 20 heavy (non-hydrogen) atoms. The monoisotopic (exact) mass is 300 g/mol. The molecule has 0 saturated carbocycles. The molecule has 5 nitrogen and oxygen atoms in total. The van der Waals surface area contributed by atoms with E-state index in [0.29, 0.717) is 13.1 Å². The largest absolute Gasteiger partial charge is 0.497 e. The van der Waals surface area contributed by atoms with Gasteiger partial charge < -0.3 is 10.1 Å². The first-order valence-corrected chi connectivity index (χ1v) is 8.24. The zero-order valence-corrected chi connectivity index (χ0v) is 13.3. The van der Waals surface area contributed by atoms with Crippen LogP contribution in [0.2, 0.25) is 0 Å². The van der Waals surface area contributed by atoms with Crippen molar-refractivity contribution in [3.63, 3.8) is 0 Å². The normalized spacial score (nSPS) is 13.4. The number of hydrogen-bond donors (Lipinski definition) is 2. The summed E-state index contributed by atoms with van der Waals surface area (Å²) in [6, 6.07) is 7.59. The highest BCUT2D eigenvalue weighted by molar-refractivity contribution is 7.90. The minimum atomic E-state index is -3.31. The first-order chi connectivity index (χ1) is 9.35. The summed E-state index contributed by atoms with van der Waals surface area (Å²) >= 11 is 0. The fraction of sp³-hybridized carbons (Fsp3) is 0.571. The van der Waals surface area contributed by atoms with Crippen LogP contribution < -0.4 is 14.8 Å². The topological polar surface area (TPSA) is 67.4 Å². The van der Waals surface area contributed by atoms with Crippen LogP contribution in [0, 0.1) is 0 Å². The Morgan fingerprint density at radius 3 is 2.25 bits per heavy atom. The summed E-state index contributed by atoms with van der Waals surface area (Å²) in [6.07, 6.45) is 0. The molecule has 1 aromatic carbocycles. The van der Waals surface area contributed by atoms with E-state index in [0.717, 1.165) is 11.3 Å². The molecule has 2 N–H and O–H groups in total. The second-order valence-electron chi connectivity index (χ2n) is 5.09. The van der Waals surface area contributed by atoms with Crippen LogP contribution in [-0.2, 0) is 16.6 Å². The Hall–Kier alpha value is -1.11. The summed E-state index contributed by atoms with van der Waals surface area (Å²) in [7, 11) is -1.72. The molecule has 1 rings (SSSR count). The van der Waals surface area contributed by atoms with Gasteiger partial charge in [-0.2, -0.15) is 0 Å². The van der Waals surface area contributed by atoms with E-state index in [-0.39, 0.29) is 6.04 Å². The van der Waals surface area contributed by atoms with Crippen molar-refractivity contribution in [2.45, 2.75) is 38.6 Å². The van der Waals surface area contributed by atoms with Crippen molar-refractivity contribution in [2.24, 2.45) is 0 Å². The molecule has 0 amide bonds. The molecule has 114 valence electrons. The van der Waals surface area contributed by atoms with Gasteiger partial charge in [0, 0.05) is 19.1 Å². The van der Waals surface area contributed by atoms with Crippen LogP contribution >= 0.6 is 0 Å². The van der Waals surface area contributed by atoms with Crippen LogP contribution in [0.3, 0.4) is 0 Å². The Balaban J connectivity index is 2.53. The average molecular weight is 300 g/mol. The van der Waals surface area contributed by atoms with Gasteiger partial charge in [0.05, 0.1) is 12.4 Å². The molecule has 0 fully saturated rings. The van der Waals surface area contributed by atoms with Gasteiger partial charge in [0.15, 0.2) is 0 Å². The molecule has 0 radical (unpaired) electrons. The van der Waals surface area contributed by atoms with E-state index in [1.807, 2.05) is 38.1 Å². The van der Waals surface area contributed by atoms with Crippen molar-refractivity contribution >= 4 is 10.0 Å². The van der Waals surface area contributed by atoms with Gasteiger partial charge in [-0.15, -0.1) is 0 Å². The van der Waals surface area contributed by atoms with Crippen molar-refractivity contribution in [3.05, 3.63) is 29.8 Å². The maximum Gasteiger partial charge on any atom is 0.215 e. The summed E-state index contributed by atoms with van der Waals surface area (Å²) in [5, 5.41) is 2.66. The van der Waals surface area contributed by atoms with Gasteiger partial charge in [-0.25, -0.2) is 13.1 Å². The number of hydrogen-bond acceptors (Lipinski definition) is 4. The van der Waals surface area contributed by atoms with Crippen molar-refractivity contribution in [3.8, 4) is 5.75 Å². The lowest BCUT2D eigenvalue weighted by molar-refractivity contribution is 0.414. The van der Waals surface area contributed by atoms with Crippen molar-refractivity contribution in [1.82, 2.24) is 10.0 Å². The predicted molar refractivity (Wildman–Crippen MR) is 81.4 cm³/mol. The molecule has 0 heterocycles. The lowest BCUT2D eigenvalue weighted by atomic mass is 10.2. The molecule has 0 aliphatic rings. The molecule has 0 spiro atoms. The van der Waals surface area contributed by atoms with E-state index in [9.17, 15) is 8.42 Å². The van der Waals surface area contributed by atoms with Gasteiger partial charge in [0.25, 0.3) is 0 Å². The average Bonchev–Trinajstić information content (AvgIpc) is 2.43. The summed E-state index contributed by atoms with van der Waals surface area (Å²) in [5.41, 5.74) is 0.901. The quantitative estimate of drug-likeness (QED) is 0.763. The van der Waals surface area contributed by atoms with Crippen LogP contribution in [0.15, 0.2) is 24.3 Å². The van der Waals surface area contributed by atoms with Crippen molar-refractivity contribution < 1.29 is 13.2 Å². The Morgan fingerprint density at radius 2 is 1.75 bits per heavy atom. The van der Waals surface area contributed by atoms with E-state index in [1.54, 1.807) is 14.0 Å². The number of benzene rings is 1. The maximum absolute atomic E-state index is 12.1. The standard InChI is InChI=1S/C14H24N2O3S/c1-11(2)15-9-12(3)20(17,18)16-10-13-5-7-14(19-4)8-6-13/h5-8,11-12,15-16H,9-10H2,1-4H3. The van der Waals surface area contributed by atoms with Crippen molar-refractivity contribution in [1.29, 1.82) is 0 Å². The summed E-state index contributed by atoms with van der Waals surface area (Å²) < 4.78 is 31.8. The van der Waals surface area contributed by atoms with Crippen LogP contribution in [-0.4, -0.2) is 33.4 Å². The van der Waals surface area contributed by atoms with E-state index >= 15 is 0 Å². The van der Waals surface area contributed by atoms with Gasteiger partial charge in [0.1, 0.15) is 5.75 Å². The molecule has 1 aromatic rings. The third kappa shape index (κ3) is 5.48. The first kappa shape index (κ1) is 16.9. The van der Waals surface area contributed by atoms with E-state index in [4.69, 9.17) is 4.74 Å². The third-order valence-electron chi connectivity index (χ3n) is 2.98. The Kier molecular flexibility index (Phi) is 6.45. The predicted octanol–water partition coefficient (Wildman–Crippen LogP) is 1.50. The first-order valence-electron chi connectivity index (χ1n) is 6.70. The van der Waals surface area contributed by atoms with Gasteiger partial charge in [0.2, 0.25) is 10.0 Å². The lowest BCUT2D eigenvalue weighted by Crippen LogP contribution is -2.40. The zero-order chi connectivity index (χ0) is 15.2. The molecule has 0 saturated heterocycles. The Bertz CT molecular complexity index is 498. The number of sulfonamides is 1. The molecule has 6 heteroatoms. The highest BCUT2D eigenvalue weighted by Crippen LogP contribution is 2.11. The van der Waals surface area contributed by atoms with Crippen LogP contribution in [0.25, 0.3) is 0 Å². The lowest BCUT2D eigenvalue weighted by Gasteiger charge is -2.16. The van der Waals surface area contributed by atoms with Crippen LogP contribution in [0.5, 0.6) is 5.75 Å². The highest BCUT2D eigenvalue weighted by Gasteiger charge is 2.20. The van der Waals surface area contributed by atoms with Crippen LogP contribution in [0.1, 0.15) is 26.3 Å². The van der Waals surface area contributed by atoms with Gasteiger partial charge in [-0.3, -0.25) is 0 Å². The molecule has 0 bridgehead atoms. The van der Waals surface area contributed by atoms with Crippen LogP contribution in [0.4, 0.5) is 0 Å². The number of ether oxygens (including phenoxy) is 1. The molecular formula is C14H24N2O3S. The molecular weight excluding hydrogens is 276 g/mol. The second kappa shape index (κ2) is 7.61. The molecule has 1 atom stereocenters. The number of nitrogens with one attached hydrogen (secondary N) is 2. The van der Waals surface area contributed by atoms with Gasteiger partial charge in [-0.1, -0.05) is 26.0 Å². The van der Waals surface area contributed by atoms with Gasteiger partial charge >= 0.3 is 0 Å². The maximum atomic E-state index is 12.1. The SMILES string of the molecule is COc1ccc(CNS(=O)(=O)C(C)CNC(C)C)cc1. The summed E-state index contributed by atoms with van der Waals surface area (Å²) in [5.74, 6) is 0.756. The zero-order valence-electron chi connectivity index (χ0n) is 12.5. The fourth-order valence-electron chi connectivity index (χ4n) is 1.58. The second-order valence-corrected chi connectivity index (χ2v) is 7.27. The van der Waals surface area contributed by atoms with E-state index in [2.05, 4.69) is 10.0 Å². The Labute approximate surface area is 121 Å². The van der Waals surface area contributed by atoms with Gasteiger partial charge in [-0.05, 0) is 24.6 Å². The minimum Gasteiger partial charge on any atom is -0.497 e. The fourth-order valence-corrected chi connectivity index (χ4v) is 2.55. The Morgan fingerprint density at radius 1 is 1.15 bits per heavy atom.